The maximum absolute atomic E-state index is 12.1. The average molecular weight is 332 g/mol. The molecule has 0 aromatic heterocycles. The SMILES string of the molecule is CCOC(=O)c1ccc2c(c1Cl)C(NOC)=CCS2(=O)=O. The van der Waals surface area contributed by atoms with Gasteiger partial charge in [0.15, 0.2) is 9.84 Å². The largest absolute Gasteiger partial charge is 0.462 e. The van der Waals surface area contributed by atoms with Gasteiger partial charge >= 0.3 is 5.97 Å². The van der Waals surface area contributed by atoms with Gasteiger partial charge in [0.25, 0.3) is 0 Å². The van der Waals surface area contributed by atoms with Gasteiger partial charge in [0.05, 0.1) is 40.6 Å². The zero-order valence-corrected chi connectivity index (χ0v) is 13.0. The molecular formula is C13H14ClNO5S. The predicted octanol–water partition coefficient (Wildman–Crippen LogP) is 1.80. The van der Waals surface area contributed by atoms with E-state index in [0.29, 0.717) is 5.70 Å². The summed E-state index contributed by atoms with van der Waals surface area (Å²) >= 11 is 6.21. The van der Waals surface area contributed by atoms with Gasteiger partial charge in [0, 0.05) is 5.56 Å². The van der Waals surface area contributed by atoms with E-state index in [1.54, 1.807) is 6.92 Å². The van der Waals surface area contributed by atoms with Crippen molar-refractivity contribution in [1.82, 2.24) is 5.48 Å². The van der Waals surface area contributed by atoms with Crippen LogP contribution in [0.4, 0.5) is 0 Å². The normalized spacial score (nSPS) is 15.9. The standard InChI is InChI=1S/C13H14ClNO5S/c1-3-20-13(16)8-4-5-10-11(12(8)14)9(15-19-2)6-7-21(10,17)18/h4-6,15H,3,7H2,1-2H3. The summed E-state index contributed by atoms with van der Waals surface area (Å²) in [6, 6.07) is 2.71. The molecule has 21 heavy (non-hydrogen) atoms. The lowest BCUT2D eigenvalue weighted by molar-refractivity contribution is 0.0526. The van der Waals surface area contributed by atoms with Crippen LogP contribution in [0.3, 0.4) is 0 Å². The van der Waals surface area contributed by atoms with E-state index < -0.39 is 15.8 Å². The zero-order chi connectivity index (χ0) is 15.6. The quantitative estimate of drug-likeness (QED) is 0.669. The highest BCUT2D eigenvalue weighted by atomic mass is 35.5. The number of hydrogen-bond acceptors (Lipinski definition) is 6. The molecule has 0 bridgehead atoms. The van der Waals surface area contributed by atoms with E-state index in [0.717, 1.165) is 0 Å². The molecule has 114 valence electrons. The Morgan fingerprint density at radius 1 is 1.43 bits per heavy atom. The van der Waals surface area contributed by atoms with Gasteiger partial charge in [-0.25, -0.2) is 13.2 Å². The molecule has 8 heteroatoms. The van der Waals surface area contributed by atoms with Crippen LogP contribution in [0, 0.1) is 0 Å². The molecule has 0 atom stereocenters. The fourth-order valence-electron chi connectivity index (χ4n) is 2.02. The molecule has 0 saturated carbocycles. The van der Waals surface area contributed by atoms with Crippen molar-refractivity contribution < 1.29 is 22.8 Å². The Labute approximate surface area is 127 Å². The summed E-state index contributed by atoms with van der Waals surface area (Å²) < 4.78 is 29.1. The molecule has 1 aliphatic heterocycles. The molecule has 1 aromatic carbocycles. The summed E-state index contributed by atoms with van der Waals surface area (Å²) in [7, 11) is -2.08. The van der Waals surface area contributed by atoms with Gasteiger partial charge < -0.3 is 4.74 Å². The minimum absolute atomic E-state index is 0.0185. The Hall–Kier alpha value is -1.57. The lowest BCUT2D eigenvalue weighted by atomic mass is 10.1. The highest BCUT2D eigenvalue weighted by Gasteiger charge is 2.29. The lowest BCUT2D eigenvalue weighted by Crippen LogP contribution is -2.21. The number of hydrogen-bond donors (Lipinski definition) is 1. The Morgan fingerprint density at radius 2 is 2.14 bits per heavy atom. The van der Waals surface area contributed by atoms with Crippen LogP contribution in [0.25, 0.3) is 5.70 Å². The van der Waals surface area contributed by atoms with E-state index in [-0.39, 0.29) is 33.4 Å². The second-order valence-corrected chi connectivity index (χ2v) is 6.61. The smallest absolute Gasteiger partial charge is 0.339 e. The van der Waals surface area contributed by atoms with E-state index in [1.807, 2.05) is 0 Å². The van der Waals surface area contributed by atoms with Crippen LogP contribution < -0.4 is 5.48 Å². The number of benzene rings is 1. The first-order valence-corrected chi connectivity index (χ1v) is 8.17. The molecule has 1 aliphatic rings. The minimum Gasteiger partial charge on any atom is -0.462 e. The number of sulfone groups is 1. The van der Waals surface area contributed by atoms with Crippen LogP contribution >= 0.6 is 11.6 Å². The van der Waals surface area contributed by atoms with Crippen molar-refractivity contribution in [1.29, 1.82) is 0 Å². The van der Waals surface area contributed by atoms with Crippen molar-refractivity contribution in [2.75, 3.05) is 19.5 Å². The molecular weight excluding hydrogens is 318 g/mol. The van der Waals surface area contributed by atoms with Gasteiger partial charge in [0.1, 0.15) is 0 Å². The fraction of sp³-hybridized carbons (Fsp3) is 0.308. The topological polar surface area (TPSA) is 81.7 Å². The molecule has 0 radical (unpaired) electrons. The molecule has 0 spiro atoms. The molecule has 1 aromatic rings. The van der Waals surface area contributed by atoms with Crippen LogP contribution in [0.15, 0.2) is 23.1 Å². The van der Waals surface area contributed by atoms with E-state index in [1.165, 1.54) is 25.3 Å². The predicted molar refractivity (Wildman–Crippen MR) is 77.6 cm³/mol. The van der Waals surface area contributed by atoms with Crippen LogP contribution in [0.2, 0.25) is 5.02 Å². The summed E-state index contributed by atoms with van der Waals surface area (Å²) in [5.74, 6) is -0.772. The monoisotopic (exact) mass is 331 g/mol. The molecule has 2 rings (SSSR count). The number of ether oxygens (including phenoxy) is 1. The van der Waals surface area contributed by atoms with E-state index >= 15 is 0 Å². The molecule has 0 unspecified atom stereocenters. The summed E-state index contributed by atoms with van der Waals surface area (Å²) in [6.45, 7) is 1.87. The summed E-state index contributed by atoms with van der Waals surface area (Å²) in [6.07, 6.45) is 1.45. The maximum Gasteiger partial charge on any atom is 0.339 e. The number of carbonyl (C=O) groups is 1. The molecule has 0 fully saturated rings. The molecule has 1 N–H and O–H groups in total. The number of fused-ring (bicyclic) bond motifs is 1. The third-order valence-corrected chi connectivity index (χ3v) is 4.93. The van der Waals surface area contributed by atoms with Crippen molar-refractivity contribution >= 4 is 33.1 Å². The third-order valence-electron chi connectivity index (χ3n) is 2.92. The van der Waals surface area contributed by atoms with E-state index in [2.05, 4.69) is 5.48 Å². The van der Waals surface area contributed by atoms with Gasteiger partial charge in [-0.1, -0.05) is 11.6 Å². The molecule has 0 amide bonds. The van der Waals surface area contributed by atoms with E-state index in [4.69, 9.17) is 21.2 Å². The van der Waals surface area contributed by atoms with Gasteiger partial charge in [-0.05, 0) is 25.1 Å². The zero-order valence-electron chi connectivity index (χ0n) is 11.5. The van der Waals surface area contributed by atoms with Crippen molar-refractivity contribution in [3.8, 4) is 0 Å². The van der Waals surface area contributed by atoms with Crippen LogP contribution in [0.1, 0.15) is 22.8 Å². The first-order chi connectivity index (χ1) is 9.92. The van der Waals surface area contributed by atoms with Gasteiger partial charge in [-0.15, -0.1) is 0 Å². The second kappa shape index (κ2) is 6.05. The maximum atomic E-state index is 12.1. The van der Waals surface area contributed by atoms with Crippen molar-refractivity contribution in [3.05, 3.63) is 34.4 Å². The Balaban J connectivity index is 2.64. The van der Waals surface area contributed by atoms with Crippen molar-refractivity contribution in [3.63, 3.8) is 0 Å². The number of hydroxylamine groups is 1. The average Bonchev–Trinajstić information content (AvgIpc) is 2.42. The summed E-state index contributed by atoms with van der Waals surface area (Å²) in [5, 5.41) is 0.0185. The molecule has 1 heterocycles. The summed E-state index contributed by atoms with van der Waals surface area (Å²) in [4.78, 5) is 16.7. The van der Waals surface area contributed by atoms with Crippen molar-refractivity contribution in [2.24, 2.45) is 0 Å². The van der Waals surface area contributed by atoms with Crippen LogP contribution in [0.5, 0.6) is 0 Å². The molecule has 0 aliphatic carbocycles. The highest BCUT2D eigenvalue weighted by Crippen LogP contribution is 2.36. The minimum atomic E-state index is -3.48. The highest BCUT2D eigenvalue weighted by molar-refractivity contribution is 7.91. The van der Waals surface area contributed by atoms with E-state index in [9.17, 15) is 13.2 Å². The number of halogens is 1. The molecule has 6 nitrogen and oxygen atoms in total. The van der Waals surface area contributed by atoms with Crippen LogP contribution in [-0.4, -0.2) is 33.9 Å². The first-order valence-electron chi connectivity index (χ1n) is 6.14. The first kappa shape index (κ1) is 15.8. The fourth-order valence-corrected chi connectivity index (χ4v) is 3.79. The van der Waals surface area contributed by atoms with Gasteiger partial charge in [-0.3, -0.25) is 10.3 Å². The number of carbonyl (C=O) groups excluding carboxylic acids is 1. The number of esters is 1. The van der Waals surface area contributed by atoms with Gasteiger partial charge in [0.2, 0.25) is 0 Å². The molecule has 0 saturated heterocycles. The van der Waals surface area contributed by atoms with Crippen LogP contribution in [-0.2, 0) is 19.4 Å². The second-order valence-electron chi connectivity index (χ2n) is 4.23. The Bertz CT molecular complexity index is 712. The lowest BCUT2D eigenvalue weighted by Gasteiger charge is -2.20. The number of nitrogens with one attached hydrogen (secondary N) is 1. The Morgan fingerprint density at radius 3 is 2.76 bits per heavy atom. The number of rotatable bonds is 4. The van der Waals surface area contributed by atoms with Gasteiger partial charge in [-0.2, -0.15) is 0 Å². The third kappa shape index (κ3) is 2.90. The van der Waals surface area contributed by atoms with Crippen molar-refractivity contribution in [2.45, 2.75) is 11.8 Å². The summed E-state index contributed by atoms with van der Waals surface area (Å²) in [5.41, 5.74) is 3.31. The Kier molecular flexibility index (Phi) is 4.55.